The number of guanidine groups is 1. The molecule has 0 saturated heterocycles. The number of aliphatic imine (C=N–C) groups is 1. The van der Waals surface area contributed by atoms with Gasteiger partial charge in [-0.3, -0.25) is 0 Å². The molecule has 9 nitrogen and oxygen atoms in total. The van der Waals surface area contributed by atoms with Crippen molar-refractivity contribution in [2.45, 2.75) is 46.7 Å². The Hall–Kier alpha value is -3.10. The second kappa shape index (κ2) is 11.7. The second-order valence-electron chi connectivity index (χ2n) is 6.65. The van der Waals surface area contributed by atoms with Crippen LogP contribution in [-0.4, -0.2) is 40.5 Å². The number of hydrogen-bond donors (Lipinski definition) is 4. The highest BCUT2D eigenvalue weighted by molar-refractivity contribution is 5.75. The van der Waals surface area contributed by atoms with E-state index in [1.165, 1.54) is 0 Å². The van der Waals surface area contributed by atoms with E-state index < -0.39 is 0 Å². The maximum absolute atomic E-state index is 5.42. The molecular formula is C20H33N9. The fraction of sp³-hybridized carbons (Fsp3) is 0.500. The first-order chi connectivity index (χ1) is 14.0. The Morgan fingerprint density at radius 3 is 2.34 bits per heavy atom. The van der Waals surface area contributed by atoms with Gasteiger partial charge in [0.2, 0.25) is 17.8 Å². The zero-order valence-electron chi connectivity index (χ0n) is 17.6. The highest BCUT2D eigenvalue weighted by Crippen LogP contribution is 2.15. The molecule has 0 atom stereocenters. The minimum atomic E-state index is 0.0887. The maximum Gasteiger partial charge on any atom is 0.231 e. The van der Waals surface area contributed by atoms with E-state index in [9.17, 15) is 0 Å². The number of anilines is 3. The van der Waals surface area contributed by atoms with Crippen LogP contribution in [0, 0.1) is 0 Å². The van der Waals surface area contributed by atoms with Gasteiger partial charge >= 0.3 is 0 Å². The van der Waals surface area contributed by atoms with Crippen molar-refractivity contribution in [3.8, 4) is 0 Å². The van der Waals surface area contributed by atoms with Gasteiger partial charge in [0.25, 0.3) is 0 Å². The minimum absolute atomic E-state index is 0.0887. The first-order valence-corrected chi connectivity index (χ1v) is 10.2. The van der Waals surface area contributed by atoms with Crippen LogP contribution in [0.5, 0.6) is 0 Å². The van der Waals surface area contributed by atoms with Gasteiger partial charge in [-0.05, 0) is 31.4 Å². The number of nitrogens with zero attached hydrogens (tertiary/aromatic N) is 5. The molecule has 0 spiro atoms. The Labute approximate surface area is 173 Å². The van der Waals surface area contributed by atoms with Gasteiger partial charge in [0, 0.05) is 26.2 Å². The van der Waals surface area contributed by atoms with Crippen LogP contribution in [0.1, 0.15) is 44.7 Å². The third-order valence-electron chi connectivity index (χ3n) is 4.37. The lowest BCUT2D eigenvalue weighted by atomic mass is 10.1. The molecule has 0 aliphatic carbocycles. The minimum Gasteiger partial charge on any atom is -0.370 e. The monoisotopic (exact) mass is 399 g/mol. The quantitative estimate of drug-likeness (QED) is 0.243. The molecule has 9 heteroatoms. The van der Waals surface area contributed by atoms with Gasteiger partial charge in [0.05, 0.1) is 6.54 Å². The van der Waals surface area contributed by atoms with Crippen LogP contribution >= 0.6 is 0 Å². The van der Waals surface area contributed by atoms with E-state index in [0.717, 1.165) is 43.6 Å². The molecule has 0 fully saturated rings. The fourth-order valence-electron chi connectivity index (χ4n) is 2.75. The van der Waals surface area contributed by atoms with Crippen molar-refractivity contribution >= 4 is 23.8 Å². The Morgan fingerprint density at radius 1 is 1.00 bits per heavy atom. The predicted molar refractivity (Wildman–Crippen MR) is 120 cm³/mol. The maximum atomic E-state index is 5.42. The summed E-state index contributed by atoms with van der Waals surface area (Å²) < 4.78 is 0. The van der Waals surface area contributed by atoms with E-state index in [0.29, 0.717) is 30.9 Å². The highest BCUT2D eigenvalue weighted by Gasteiger charge is 2.11. The number of unbranched alkanes of at least 4 members (excludes halogenated alkanes) is 1. The number of benzene rings is 1. The van der Waals surface area contributed by atoms with Crippen molar-refractivity contribution in [3.63, 3.8) is 0 Å². The van der Waals surface area contributed by atoms with Crippen LogP contribution in [0.4, 0.5) is 17.8 Å². The number of rotatable bonds is 12. The van der Waals surface area contributed by atoms with Crippen LogP contribution in [0.2, 0.25) is 0 Å². The van der Waals surface area contributed by atoms with Gasteiger partial charge in [0.1, 0.15) is 0 Å². The average molecular weight is 400 g/mol. The predicted octanol–water partition coefficient (Wildman–Crippen LogP) is 2.32. The number of aromatic nitrogens is 3. The lowest BCUT2D eigenvalue weighted by Gasteiger charge is -2.20. The topological polar surface area (TPSA) is 130 Å². The normalized spacial score (nSPS) is 10.4. The average Bonchev–Trinajstić information content (AvgIpc) is 2.72. The summed E-state index contributed by atoms with van der Waals surface area (Å²) >= 11 is 0. The second-order valence-corrected chi connectivity index (χ2v) is 6.65. The zero-order chi connectivity index (χ0) is 21.1. The largest absolute Gasteiger partial charge is 0.370 e. The molecular weight excluding hydrogens is 366 g/mol. The summed E-state index contributed by atoms with van der Waals surface area (Å²) in [6.45, 7) is 9.89. The SMILES string of the molecule is CCCCNc1nc(NCc2cccc(CN=C(N)N)c2)nc(N(CC)CC)n1. The number of nitrogens with two attached hydrogens (primary N) is 2. The molecule has 6 N–H and O–H groups in total. The van der Waals surface area contributed by atoms with Gasteiger partial charge in [-0.2, -0.15) is 15.0 Å². The molecule has 0 amide bonds. The first kappa shape index (κ1) is 22.2. The Morgan fingerprint density at radius 2 is 1.69 bits per heavy atom. The molecule has 0 aliphatic rings. The van der Waals surface area contributed by atoms with Gasteiger partial charge < -0.3 is 27.0 Å². The third-order valence-corrected chi connectivity index (χ3v) is 4.37. The molecule has 158 valence electrons. The third kappa shape index (κ3) is 7.44. The molecule has 0 aliphatic heterocycles. The van der Waals surface area contributed by atoms with E-state index in [2.05, 4.69) is 62.3 Å². The fourth-order valence-corrected chi connectivity index (χ4v) is 2.75. The molecule has 0 bridgehead atoms. The van der Waals surface area contributed by atoms with Gasteiger partial charge in [-0.25, -0.2) is 4.99 Å². The standard InChI is InChI=1S/C20H33N9/c1-4-7-11-23-18-26-19(28-20(27-18)29(5-2)6-3)25-14-16-10-8-9-15(12-16)13-24-17(21)22/h8-10,12H,4-7,11,13-14H2,1-3H3,(H4,21,22,24)(H2,23,25,26,27,28). The van der Waals surface area contributed by atoms with Gasteiger partial charge in [0.15, 0.2) is 5.96 Å². The molecule has 0 saturated carbocycles. The molecule has 0 unspecified atom stereocenters. The van der Waals surface area contributed by atoms with E-state index >= 15 is 0 Å². The van der Waals surface area contributed by atoms with Crippen molar-refractivity contribution in [2.75, 3.05) is 35.2 Å². The lowest BCUT2D eigenvalue weighted by Crippen LogP contribution is -2.25. The van der Waals surface area contributed by atoms with Crippen molar-refractivity contribution in [1.82, 2.24) is 15.0 Å². The van der Waals surface area contributed by atoms with Crippen LogP contribution in [0.3, 0.4) is 0 Å². The summed E-state index contributed by atoms with van der Waals surface area (Å²) in [5.41, 5.74) is 13.0. The summed E-state index contributed by atoms with van der Waals surface area (Å²) in [6.07, 6.45) is 2.18. The van der Waals surface area contributed by atoms with Crippen LogP contribution in [-0.2, 0) is 13.1 Å². The van der Waals surface area contributed by atoms with Crippen molar-refractivity contribution in [2.24, 2.45) is 16.5 Å². The number of nitrogens with one attached hydrogen (secondary N) is 2. The molecule has 0 radical (unpaired) electrons. The summed E-state index contributed by atoms with van der Waals surface area (Å²) in [6, 6.07) is 8.08. The van der Waals surface area contributed by atoms with Crippen molar-refractivity contribution in [3.05, 3.63) is 35.4 Å². The van der Waals surface area contributed by atoms with Crippen LogP contribution < -0.4 is 27.0 Å². The van der Waals surface area contributed by atoms with Crippen molar-refractivity contribution < 1.29 is 0 Å². The van der Waals surface area contributed by atoms with E-state index in [-0.39, 0.29) is 5.96 Å². The Bertz CT molecular complexity index is 783. The van der Waals surface area contributed by atoms with Crippen LogP contribution in [0.15, 0.2) is 29.3 Å². The van der Waals surface area contributed by atoms with Crippen LogP contribution in [0.25, 0.3) is 0 Å². The Kier molecular flexibility index (Phi) is 8.94. The molecule has 29 heavy (non-hydrogen) atoms. The smallest absolute Gasteiger partial charge is 0.231 e. The molecule has 2 rings (SSSR count). The lowest BCUT2D eigenvalue weighted by molar-refractivity contribution is 0.799. The molecule has 1 aromatic heterocycles. The van der Waals surface area contributed by atoms with E-state index in [1.54, 1.807) is 0 Å². The Balaban J connectivity index is 2.14. The van der Waals surface area contributed by atoms with E-state index in [1.807, 2.05) is 18.2 Å². The first-order valence-electron chi connectivity index (χ1n) is 10.2. The summed E-state index contributed by atoms with van der Waals surface area (Å²) in [4.78, 5) is 19.9. The molecule has 1 heterocycles. The number of hydrogen-bond acceptors (Lipinski definition) is 7. The summed E-state index contributed by atoms with van der Waals surface area (Å²) in [5, 5.41) is 6.61. The summed E-state index contributed by atoms with van der Waals surface area (Å²) in [7, 11) is 0. The molecule has 1 aromatic carbocycles. The van der Waals surface area contributed by atoms with Crippen molar-refractivity contribution in [1.29, 1.82) is 0 Å². The van der Waals surface area contributed by atoms with Gasteiger partial charge in [-0.15, -0.1) is 0 Å². The summed E-state index contributed by atoms with van der Waals surface area (Å²) in [5.74, 6) is 1.91. The molecule has 2 aromatic rings. The zero-order valence-corrected chi connectivity index (χ0v) is 17.6. The van der Waals surface area contributed by atoms with E-state index in [4.69, 9.17) is 11.5 Å². The highest BCUT2D eigenvalue weighted by atomic mass is 15.3. The van der Waals surface area contributed by atoms with Gasteiger partial charge in [-0.1, -0.05) is 37.6 Å².